The zero-order chi connectivity index (χ0) is 25.4. The van der Waals surface area contributed by atoms with E-state index in [-0.39, 0.29) is 18.4 Å². The van der Waals surface area contributed by atoms with Crippen molar-refractivity contribution in [3.63, 3.8) is 0 Å². The Kier molecular flexibility index (Phi) is 6.64. The molecule has 0 aliphatic heterocycles. The van der Waals surface area contributed by atoms with Crippen LogP contribution < -0.4 is 4.74 Å². The van der Waals surface area contributed by atoms with Gasteiger partial charge in [0.2, 0.25) is 17.5 Å². The van der Waals surface area contributed by atoms with Gasteiger partial charge in [-0.15, -0.1) is 0 Å². The molecule has 1 fully saturated rings. The second-order valence-electron chi connectivity index (χ2n) is 8.27. The van der Waals surface area contributed by atoms with E-state index in [1.165, 1.54) is 6.07 Å². The van der Waals surface area contributed by atoms with Crippen LogP contribution in [0.5, 0.6) is 17.2 Å². The molecule has 0 unspecified atom stereocenters. The number of carbonyl (C=O) groups is 1. The van der Waals surface area contributed by atoms with E-state index in [2.05, 4.69) is 0 Å². The molecule has 3 aromatic rings. The van der Waals surface area contributed by atoms with Crippen molar-refractivity contribution in [2.24, 2.45) is 5.92 Å². The number of esters is 1. The van der Waals surface area contributed by atoms with E-state index in [4.69, 9.17) is 4.74 Å². The minimum absolute atomic E-state index is 0.0775. The standard InChI is InChI=1S/C25H18F6O4/c26-19-13(5-8-16(32)22(19)29)11-1-3-12(4-2-11)25(34)35-18-10-7-15(21(28)24(18)31)14-6-9-17(33)23(30)20(14)27/h5-12,32-33H,1-4H2. The van der Waals surface area contributed by atoms with Crippen molar-refractivity contribution in [3.8, 4) is 28.4 Å². The summed E-state index contributed by atoms with van der Waals surface area (Å²) in [6.45, 7) is 0. The first-order valence-corrected chi connectivity index (χ1v) is 10.6. The van der Waals surface area contributed by atoms with Gasteiger partial charge in [0.05, 0.1) is 5.92 Å². The monoisotopic (exact) mass is 496 g/mol. The van der Waals surface area contributed by atoms with Gasteiger partial charge in [0, 0.05) is 11.1 Å². The number of ether oxygens (including phenoxy) is 1. The highest BCUT2D eigenvalue weighted by molar-refractivity contribution is 5.76. The Morgan fingerprint density at radius 2 is 1.17 bits per heavy atom. The maximum atomic E-state index is 14.6. The first kappa shape index (κ1) is 24.4. The highest BCUT2D eigenvalue weighted by atomic mass is 19.2. The van der Waals surface area contributed by atoms with Crippen molar-refractivity contribution >= 4 is 5.97 Å². The first-order chi connectivity index (χ1) is 16.6. The predicted molar refractivity (Wildman–Crippen MR) is 112 cm³/mol. The van der Waals surface area contributed by atoms with Crippen molar-refractivity contribution in [1.82, 2.24) is 0 Å². The first-order valence-electron chi connectivity index (χ1n) is 10.6. The van der Waals surface area contributed by atoms with Crippen molar-refractivity contribution in [1.29, 1.82) is 0 Å². The van der Waals surface area contributed by atoms with E-state index in [1.807, 2.05) is 0 Å². The SMILES string of the molecule is O=C(Oc1ccc(-c2ccc(O)c(F)c2F)c(F)c1F)C1CCC(c2ccc(O)c(F)c2F)CC1. The number of aromatic hydroxyl groups is 2. The van der Waals surface area contributed by atoms with Gasteiger partial charge in [-0.2, -0.15) is 13.2 Å². The van der Waals surface area contributed by atoms with Crippen molar-refractivity contribution in [2.75, 3.05) is 0 Å². The minimum atomic E-state index is -1.62. The highest BCUT2D eigenvalue weighted by Gasteiger charge is 2.31. The second-order valence-corrected chi connectivity index (χ2v) is 8.27. The topological polar surface area (TPSA) is 66.8 Å². The number of halogens is 6. The molecule has 0 bridgehead atoms. The number of carbonyl (C=O) groups excluding carboxylic acids is 1. The van der Waals surface area contributed by atoms with Crippen molar-refractivity contribution in [3.05, 3.63) is 76.9 Å². The van der Waals surface area contributed by atoms with Crippen LogP contribution in [0.1, 0.15) is 37.2 Å². The summed E-state index contributed by atoms with van der Waals surface area (Å²) in [6.07, 6.45) is 1.02. The molecular formula is C25H18F6O4. The van der Waals surface area contributed by atoms with Crippen LogP contribution in [0.3, 0.4) is 0 Å². The summed E-state index contributed by atoms with van der Waals surface area (Å²) in [5, 5.41) is 18.5. The minimum Gasteiger partial charge on any atom is -0.505 e. The summed E-state index contributed by atoms with van der Waals surface area (Å²) in [7, 11) is 0. The molecule has 0 radical (unpaired) electrons. The summed E-state index contributed by atoms with van der Waals surface area (Å²) >= 11 is 0. The van der Waals surface area contributed by atoms with Crippen LogP contribution in [0.25, 0.3) is 11.1 Å². The van der Waals surface area contributed by atoms with Crippen LogP contribution in [0, 0.1) is 40.8 Å². The molecule has 1 aliphatic rings. The number of benzene rings is 3. The van der Waals surface area contributed by atoms with E-state index in [0.717, 1.165) is 30.3 Å². The Morgan fingerprint density at radius 3 is 1.80 bits per heavy atom. The van der Waals surface area contributed by atoms with Gasteiger partial charge in [0.1, 0.15) is 0 Å². The van der Waals surface area contributed by atoms with Crippen LogP contribution in [0.15, 0.2) is 36.4 Å². The molecule has 4 nitrogen and oxygen atoms in total. The quantitative estimate of drug-likeness (QED) is 0.247. The summed E-state index contributed by atoms with van der Waals surface area (Å²) < 4.78 is 89.6. The van der Waals surface area contributed by atoms with E-state index < -0.39 is 81.1 Å². The Balaban J connectivity index is 1.46. The Bertz CT molecular complexity index is 1300. The van der Waals surface area contributed by atoms with Gasteiger partial charge in [-0.25, -0.2) is 13.2 Å². The number of hydrogen-bond acceptors (Lipinski definition) is 4. The number of phenols is 2. The maximum Gasteiger partial charge on any atom is 0.314 e. The number of rotatable bonds is 4. The Labute approximate surface area is 195 Å². The smallest absolute Gasteiger partial charge is 0.314 e. The van der Waals surface area contributed by atoms with Gasteiger partial charge in [0.25, 0.3) is 0 Å². The van der Waals surface area contributed by atoms with Crippen LogP contribution in [-0.4, -0.2) is 16.2 Å². The lowest BCUT2D eigenvalue weighted by atomic mass is 9.78. The van der Waals surface area contributed by atoms with Crippen molar-refractivity contribution < 1.29 is 46.1 Å². The fourth-order valence-electron chi connectivity index (χ4n) is 4.27. The number of phenolic OH excluding ortho intramolecular Hbond substituents is 2. The molecule has 4 rings (SSSR count). The van der Waals surface area contributed by atoms with E-state index in [1.54, 1.807) is 0 Å². The molecule has 1 aliphatic carbocycles. The van der Waals surface area contributed by atoms with Crippen LogP contribution >= 0.6 is 0 Å². The van der Waals surface area contributed by atoms with Crippen molar-refractivity contribution in [2.45, 2.75) is 31.6 Å². The fourth-order valence-corrected chi connectivity index (χ4v) is 4.27. The zero-order valence-corrected chi connectivity index (χ0v) is 17.9. The molecule has 0 saturated heterocycles. The molecule has 0 aromatic heterocycles. The van der Waals surface area contributed by atoms with Crippen LogP contribution in [0.2, 0.25) is 0 Å². The molecule has 1 saturated carbocycles. The van der Waals surface area contributed by atoms with Crippen LogP contribution in [-0.2, 0) is 4.79 Å². The van der Waals surface area contributed by atoms with Gasteiger partial charge in [-0.1, -0.05) is 6.07 Å². The molecule has 0 heterocycles. The third-order valence-corrected chi connectivity index (χ3v) is 6.20. The highest BCUT2D eigenvalue weighted by Crippen LogP contribution is 2.40. The lowest BCUT2D eigenvalue weighted by molar-refractivity contribution is -0.140. The van der Waals surface area contributed by atoms with Gasteiger partial charge in [-0.05, 0) is 67.5 Å². The zero-order valence-electron chi connectivity index (χ0n) is 17.9. The van der Waals surface area contributed by atoms with E-state index in [9.17, 15) is 41.4 Å². The van der Waals surface area contributed by atoms with E-state index in [0.29, 0.717) is 12.8 Å². The van der Waals surface area contributed by atoms with Gasteiger partial charge in [-0.3, -0.25) is 4.79 Å². The Hall–Kier alpha value is -3.69. The third-order valence-electron chi connectivity index (χ3n) is 6.20. The summed E-state index contributed by atoms with van der Waals surface area (Å²) in [5.41, 5.74) is -1.19. The van der Waals surface area contributed by atoms with Gasteiger partial charge < -0.3 is 14.9 Å². The lowest BCUT2D eigenvalue weighted by Gasteiger charge is -2.27. The number of hydrogen-bond donors (Lipinski definition) is 2. The summed E-state index contributed by atoms with van der Waals surface area (Å²) in [4.78, 5) is 12.5. The summed E-state index contributed by atoms with van der Waals surface area (Å²) in [5.74, 6) is -13.4. The molecule has 3 aromatic carbocycles. The molecular weight excluding hydrogens is 478 g/mol. The molecule has 0 spiro atoms. The second kappa shape index (κ2) is 9.52. The molecule has 10 heteroatoms. The average Bonchev–Trinajstić information content (AvgIpc) is 2.85. The molecule has 2 N–H and O–H groups in total. The molecule has 184 valence electrons. The van der Waals surface area contributed by atoms with Gasteiger partial charge >= 0.3 is 5.97 Å². The predicted octanol–water partition coefficient (Wildman–Crippen LogP) is 6.48. The summed E-state index contributed by atoms with van der Waals surface area (Å²) in [6, 6.07) is 5.80. The normalized spacial score (nSPS) is 17.9. The molecule has 35 heavy (non-hydrogen) atoms. The Morgan fingerprint density at radius 1 is 0.657 bits per heavy atom. The third kappa shape index (κ3) is 4.52. The van der Waals surface area contributed by atoms with Crippen LogP contribution in [0.4, 0.5) is 26.3 Å². The lowest BCUT2D eigenvalue weighted by Crippen LogP contribution is -2.26. The largest absolute Gasteiger partial charge is 0.505 e. The molecule has 0 amide bonds. The maximum absolute atomic E-state index is 14.6. The van der Waals surface area contributed by atoms with Gasteiger partial charge in [0.15, 0.2) is 34.7 Å². The van der Waals surface area contributed by atoms with E-state index >= 15 is 0 Å². The fraction of sp³-hybridized carbons (Fsp3) is 0.240. The average molecular weight is 496 g/mol. The molecule has 0 atom stereocenters.